The van der Waals surface area contributed by atoms with Crippen LogP contribution in [0.15, 0.2) is 42.6 Å². The van der Waals surface area contributed by atoms with Crippen LogP contribution in [0, 0.1) is 11.8 Å². The lowest BCUT2D eigenvalue weighted by Crippen LogP contribution is -2.38. The van der Waals surface area contributed by atoms with Crippen molar-refractivity contribution in [2.45, 2.75) is 0 Å². The van der Waals surface area contributed by atoms with Gasteiger partial charge in [-0.15, -0.1) is 0 Å². The predicted molar refractivity (Wildman–Crippen MR) is 117 cm³/mol. The van der Waals surface area contributed by atoms with Gasteiger partial charge in [0.1, 0.15) is 12.1 Å². The van der Waals surface area contributed by atoms with Gasteiger partial charge in [-0.25, -0.2) is 15.0 Å². The van der Waals surface area contributed by atoms with Crippen LogP contribution in [0.4, 0.5) is 5.69 Å². The number of nitrogens with zero attached hydrogens (tertiary/aromatic N) is 5. The molecule has 0 saturated carbocycles. The standard InChI is InChI=1S/C23H25N5O2/c1-27(2)21-8-4-3-6-18(21)9-10-20-23(26-19-7-5-11-24-22(19)25-20)30-17-14-28-12-15-29-16-13-28/h3-8,11H,12-17H2,1-2H3. The molecule has 0 atom stereocenters. The van der Waals surface area contributed by atoms with Crippen molar-refractivity contribution < 1.29 is 9.47 Å². The second-order valence-electron chi connectivity index (χ2n) is 7.19. The topological polar surface area (TPSA) is 63.6 Å². The van der Waals surface area contributed by atoms with Crippen LogP contribution in [0.5, 0.6) is 5.88 Å². The van der Waals surface area contributed by atoms with Crippen LogP contribution >= 0.6 is 0 Å². The van der Waals surface area contributed by atoms with Gasteiger partial charge in [-0.05, 0) is 30.2 Å². The van der Waals surface area contributed by atoms with E-state index in [0.717, 1.165) is 44.1 Å². The molecule has 2 aromatic heterocycles. The lowest BCUT2D eigenvalue weighted by molar-refractivity contribution is 0.0320. The fraction of sp³-hybridized carbons (Fsp3) is 0.348. The Labute approximate surface area is 176 Å². The normalized spacial score (nSPS) is 14.2. The van der Waals surface area contributed by atoms with Crippen molar-refractivity contribution in [1.29, 1.82) is 0 Å². The van der Waals surface area contributed by atoms with Crippen molar-refractivity contribution in [3.05, 3.63) is 53.9 Å². The average molecular weight is 403 g/mol. The van der Waals surface area contributed by atoms with E-state index in [9.17, 15) is 0 Å². The van der Waals surface area contributed by atoms with Gasteiger partial charge in [-0.2, -0.15) is 0 Å². The van der Waals surface area contributed by atoms with Gasteiger partial charge in [0, 0.05) is 45.5 Å². The van der Waals surface area contributed by atoms with E-state index in [1.54, 1.807) is 6.20 Å². The Hall–Kier alpha value is -3.21. The van der Waals surface area contributed by atoms with E-state index in [4.69, 9.17) is 9.47 Å². The molecule has 154 valence electrons. The summed E-state index contributed by atoms with van der Waals surface area (Å²) < 4.78 is 11.4. The third kappa shape index (κ3) is 4.85. The van der Waals surface area contributed by atoms with Crippen LogP contribution in [0.2, 0.25) is 0 Å². The molecular formula is C23H25N5O2. The molecule has 0 bridgehead atoms. The SMILES string of the molecule is CN(C)c1ccccc1C#Cc1nc2ncccc2nc1OCCN1CCOCC1. The highest BCUT2D eigenvalue weighted by Gasteiger charge is 2.13. The van der Waals surface area contributed by atoms with Crippen LogP contribution in [0.3, 0.4) is 0 Å². The minimum atomic E-state index is 0.443. The molecule has 1 aliphatic heterocycles. The Kier molecular flexibility index (Phi) is 6.38. The zero-order chi connectivity index (χ0) is 20.8. The quantitative estimate of drug-likeness (QED) is 0.605. The highest BCUT2D eigenvalue weighted by Crippen LogP contribution is 2.19. The first-order valence-electron chi connectivity index (χ1n) is 10.0. The Balaban J connectivity index is 1.61. The van der Waals surface area contributed by atoms with Gasteiger partial charge in [-0.1, -0.05) is 18.1 Å². The molecule has 1 aromatic carbocycles. The zero-order valence-electron chi connectivity index (χ0n) is 17.3. The van der Waals surface area contributed by atoms with E-state index < -0.39 is 0 Å². The molecule has 30 heavy (non-hydrogen) atoms. The molecule has 0 radical (unpaired) electrons. The second kappa shape index (κ2) is 9.53. The summed E-state index contributed by atoms with van der Waals surface area (Å²) in [6.45, 7) is 4.71. The summed E-state index contributed by atoms with van der Waals surface area (Å²) in [5.41, 5.74) is 3.72. The molecule has 7 heteroatoms. The van der Waals surface area contributed by atoms with Crippen molar-refractivity contribution >= 4 is 16.9 Å². The van der Waals surface area contributed by atoms with Crippen molar-refractivity contribution in [1.82, 2.24) is 19.9 Å². The Bertz CT molecular complexity index is 1070. The number of rotatable bonds is 5. The summed E-state index contributed by atoms with van der Waals surface area (Å²) >= 11 is 0. The minimum absolute atomic E-state index is 0.443. The maximum absolute atomic E-state index is 6.02. The number of para-hydroxylation sites is 1. The first kappa shape index (κ1) is 20.1. The minimum Gasteiger partial charge on any atom is -0.474 e. The molecular weight excluding hydrogens is 378 g/mol. The highest BCUT2D eigenvalue weighted by atomic mass is 16.5. The van der Waals surface area contributed by atoms with E-state index in [1.807, 2.05) is 55.4 Å². The van der Waals surface area contributed by atoms with Crippen LogP contribution < -0.4 is 9.64 Å². The lowest BCUT2D eigenvalue weighted by atomic mass is 10.1. The molecule has 3 aromatic rings. The summed E-state index contributed by atoms with van der Waals surface area (Å²) in [6, 6.07) is 11.7. The van der Waals surface area contributed by atoms with Crippen LogP contribution in [-0.4, -0.2) is 73.4 Å². The summed E-state index contributed by atoms with van der Waals surface area (Å²) in [5, 5.41) is 0. The number of benzene rings is 1. The molecule has 0 N–H and O–H groups in total. The summed E-state index contributed by atoms with van der Waals surface area (Å²) in [7, 11) is 4.00. The number of pyridine rings is 1. The maximum atomic E-state index is 6.02. The molecule has 1 fully saturated rings. The molecule has 0 amide bonds. The van der Waals surface area contributed by atoms with Crippen molar-refractivity contribution in [3.8, 4) is 17.7 Å². The molecule has 0 spiro atoms. The van der Waals surface area contributed by atoms with Crippen molar-refractivity contribution in [2.24, 2.45) is 0 Å². The molecule has 0 unspecified atom stereocenters. The maximum Gasteiger partial charge on any atom is 0.249 e. The molecule has 1 saturated heterocycles. The number of hydrogen-bond donors (Lipinski definition) is 0. The number of anilines is 1. The van der Waals surface area contributed by atoms with Gasteiger partial charge in [-0.3, -0.25) is 4.90 Å². The molecule has 7 nitrogen and oxygen atoms in total. The van der Waals surface area contributed by atoms with Gasteiger partial charge < -0.3 is 14.4 Å². The second-order valence-corrected chi connectivity index (χ2v) is 7.19. The largest absolute Gasteiger partial charge is 0.474 e. The predicted octanol–water partition coefficient (Wildman–Crippen LogP) is 2.20. The van der Waals surface area contributed by atoms with Gasteiger partial charge in [0.15, 0.2) is 11.3 Å². The van der Waals surface area contributed by atoms with Gasteiger partial charge >= 0.3 is 0 Å². The Morgan fingerprint density at radius 1 is 1.07 bits per heavy atom. The van der Waals surface area contributed by atoms with E-state index in [2.05, 4.69) is 31.7 Å². The monoisotopic (exact) mass is 403 g/mol. The Morgan fingerprint density at radius 2 is 1.90 bits per heavy atom. The van der Waals surface area contributed by atoms with Crippen LogP contribution in [0.25, 0.3) is 11.2 Å². The van der Waals surface area contributed by atoms with E-state index in [1.165, 1.54) is 0 Å². The van der Waals surface area contributed by atoms with Gasteiger partial charge in [0.2, 0.25) is 5.88 Å². The number of fused-ring (bicyclic) bond motifs is 1. The summed E-state index contributed by atoms with van der Waals surface area (Å²) in [4.78, 5) is 17.9. The van der Waals surface area contributed by atoms with Gasteiger partial charge in [0.05, 0.1) is 18.9 Å². The first-order valence-corrected chi connectivity index (χ1v) is 10.0. The molecule has 4 rings (SSSR count). The number of aromatic nitrogens is 3. The molecule has 3 heterocycles. The van der Waals surface area contributed by atoms with Crippen LogP contribution in [-0.2, 0) is 4.74 Å². The fourth-order valence-corrected chi connectivity index (χ4v) is 3.25. The van der Waals surface area contributed by atoms with Crippen molar-refractivity contribution in [2.75, 3.05) is 58.5 Å². The molecule has 0 aliphatic carbocycles. The van der Waals surface area contributed by atoms with Crippen molar-refractivity contribution in [3.63, 3.8) is 0 Å². The van der Waals surface area contributed by atoms with E-state index in [0.29, 0.717) is 29.3 Å². The third-order valence-corrected chi connectivity index (χ3v) is 4.86. The zero-order valence-corrected chi connectivity index (χ0v) is 17.3. The molecule has 1 aliphatic rings. The van der Waals surface area contributed by atoms with Crippen LogP contribution in [0.1, 0.15) is 11.3 Å². The highest BCUT2D eigenvalue weighted by molar-refractivity contribution is 5.71. The summed E-state index contributed by atoms with van der Waals surface area (Å²) in [5.74, 6) is 6.83. The van der Waals surface area contributed by atoms with Gasteiger partial charge in [0.25, 0.3) is 0 Å². The number of ether oxygens (including phenoxy) is 2. The summed E-state index contributed by atoms with van der Waals surface area (Å²) in [6.07, 6.45) is 1.70. The fourth-order valence-electron chi connectivity index (χ4n) is 3.25. The first-order chi connectivity index (χ1) is 14.7. The third-order valence-electron chi connectivity index (χ3n) is 4.86. The smallest absolute Gasteiger partial charge is 0.249 e. The van der Waals surface area contributed by atoms with E-state index >= 15 is 0 Å². The lowest BCUT2D eigenvalue weighted by Gasteiger charge is -2.26. The number of hydrogen-bond acceptors (Lipinski definition) is 7. The number of morpholine rings is 1. The van der Waals surface area contributed by atoms with E-state index in [-0.39, 0.29) is 0 Å². The average Bonchev–Trinajstić information content (AvgIpc) is 2.78. The Morgan fingerprint density at radius 3 is 2.73 bits per heavy atom.